The summed E-state index contributed by atoms with van der Waals surface area (Å²) in [4.78, 5) is 17.0. The molecule has 3 saturated carbocycles. The van der Waals surface area contributed by atoms with E-state index in [-0.39, 0.29) is 0 Å². The SMILES string of the molecule is CC1C2CCC(CC2)C1Nc1cc(-c2ccc(-c3ccco3)o2)nc(-c2c[nH]c3ncc(F)cc23)n1. The molecule has 5 aromatic rings. The summed E-state index contributed by atoms with van der Waals surface area (Å²) in [7, 11) is 0. The van der Waals surface area contributed by atoms with E-state index in [1.165, 1.54) is 37.9 Å². The van der Waals surface area contributed by atoms with Crippen LogP contribution in [0.3, 0.4) is 0 Å². The number of aromatic nitrogens is 4. The van der Waals surface area contributed by atoms with Gasteiger partial charge in [-0.05, 0) is 73.8 Å². The highest BCUT2D eigenvalue weighted by molar-refractivity contribution is 5.92. The normalized spacial score (nSPS) is 23.4. The van der Waals surface area contributed by atoms with Gasteiger partial charge in [0.15, 0.2) is 23.1 Å². The van der Waals surface area contributed by atoms with Gasteiger partial charge in [-0.2, -0.15) is 0 Å². The van der Waals surface area contributed by atoms with Gasteiger partial charge in [0, 0.05) is 29.3 Å². The van der Waals surface area contributed by atoms with Crippen LogP contribution in [0.25, 0.3) is 45.4 Å². The first-order chi connectivity index (χ1) is 17.6. The van der Waals surface area contributed by atoms with Crippen molar-refractivity contribution >= 4 is 16.9 Å². The number of anilines is 1. The lowest BCUT2D eigenvalue weighted by atomic mass is 9.62. The average molecular weight is 484 g/mol. The van der Waals surface area contributed by atoms with Crippen LogP contribution in [0.5, 0.6) is 0 Å². The minimum absolute atomic E-state index is 0.366. The van der Waals surface area contributed by atoms with Crippen LogP contribution in [0.4, 0.5) is 10.2 Å². The Labute approximate surface area is 207 Å². The van der Waals surface area contributed by atoms with Gasteiger partial charge < -0.3 is 19.1 Å². The van der Waals surface area contributed by atoms with Gasteiger partial charge in [0.05, 0.1) is 12.5 Å². The molecule has 7 nitrogen and oxygen atoms in total. The molecule has 0 amide bonds. The summed E-state index contributed by atoms with van der Waals surface area (Å²) in [6.45, 7) is 2.35. The summed E-state index contributed by atoms with van der Waals surface area (Å²) < 4.78 is 25.7. The third kappa shape index (κ3) is 3.59. The molecule has 36 heavy (non-hydrogen) atoms. The van der Waals surface area contributed by atoms with Gasteiger partial charge >= 0.3 is 0 Å². The van der Waals surface area contributed by atoms with Gasteiger partial charge in [-0.1, -0.05) is 6.92 Å². The van der Waals surface area contributed by atoms with Crippen LogP contribution in [-0.2, 0) is 0 Å². The molecule has 0 aromatic carbocycles. The molecule has 0 saturated heterocycles. The first-order valence-corrected chi connectivity index (χ1v) is 12.5. The molecule has 0 radical (unpaired) electrons. The van der Waals surface area contributed by atoms with E-state index in [4.69, 9.17) is 18.8 Å². The second-order valence-corrected chi connectivity index (χ2v) is 10.1. The molecule has 2 unspecified atom stereocenters. The number of nitrogens with one attached hydrogen (secondary N) is 2. The summed E-state index contributed by atoms with van der Waals surface area (Å²) in [5.41, 5.74) is 1.93. The fourth-order valence-electron chi connectivity index (χ4n) is 6.13. The molecular weight excluding hydrogens is 457 g/mol. The van der Waals surface area contributed by atoms with E-state index in [1.807, 2.05) is 30.3 Å². The minimum atomic E-state index is -0.404. The second-order valence-electron chi connectivity index (χ2n) is 10.1. The van der Waals surface area contributed by atoms with Crippen molar-refractivity contribution in [3.63, 3.8) is 0 Å². The zero-order valence-corrected chi connectivity index (χ0v) is 19.9. The maximum absolute atomic E-state index is 14.1. The smallest absolute Gasteiger partial charge is 0.170 e. The van der Waals surface area contributed by atoms with Crippen LogP contribution in [0, 0.1) is 23.6 Å². The summed E-state index contributed by atoms with van der Waals surface area (Å²) in [6, 6.07) is 11.2. The molecule has 8 rings (SSSR count). The fraction of sp³-hybridized carbons (Fsp3) is 0.321. The minimum Gasteiger partial charge on any atom is -0.461 e. The lowest BCUT2D eigenvalue weighted by molar-refractivity contribution is 0.0928. The van der Waals surface area contributed by atoms with E-state index in [9.17, 15) is 4.39 Å². The number of aromatic amines is 1. The van der Waals surface area contributed by atoms with Crippen LogP contribution >= 0.6 is 0 Å². The standard InChI is InChI=1S/C28H26FN5O2/c1-15-16-4-6-17(7-5-16)26(15)33-25-12-21(22-8-9-24(36-22)23-3-2-10-35-23)32-28(34-25)20-14-31-27-19(20)11-18(29)13-30-27/h2-3,8-17,26H,4-7H2,1H3,(H,30,31)(H,32,33,34). The Balaban J connectivity index is 1.33. The number of H-pyrrole nitrogens is 1. The number of furan rings is 2. The lowest BCUT2D eigenvalue weighted by Gasteiger charge is -2.47. The highest BCUT2D eigenvalue weighted by Crippen LogP contribution is 2.46. The van der Waals surface area contributed by atoms with Crippen LogP contribution in [0.2, 0.25) is 0 Å². The van der Waals surface area contributed by atoms with Crippen LogP contribution in [0.15, 0.2) is 63.9 Å². The maximum atomic E-state index is 14.1. The van der Waals surface area contributed by atoms with Crippen molar-refractivity contribution in [2.75, 3.05) is 5.32 Å². The summed E-state index contributed by atoms with van der Waals surface area (Å²) in [5.74, 6) is 4.70. The third-order valence-electron chi connectivity index (χ3n) is 8.04. The largest absolute Gasteiger partial charge is 0.461 e. The van der Waals surface area contributed by atoms with Crippen molar-refractivity contribution in [3.8, 4) is 34.4 Å². The van der Waals surface area contributed by atoms with Gasteiger partial charge in [-0.25, -0.2) is 19.3 Å². The molecule has 3 fully saturated rings. The van der Waals surface area contributed by atoms with E-state index in [0.717, 1.165) is 11.7 Å². The van der Waals surface area contributed by atoms with Gasteiger partial charge in [0.1, 0.15) is 23.0 Å². The van der Waals surface area contributed by atoms with E-state index in [1.54, 1.807) is 12.5 Å². The van der Waals surface area contributed by atoms with Gasteiger partial charge in [0.25, 0.3) is 0 Å². The quantitative estimate of drug-likeness (QED) is 0.282. The molecule has 0 aliphatic heterocycles. The first kappa shape index (κ1) is 21.4. The van der Waals surface area contributed by atoms with Crippen molar-refractivity contribution in [1.29, 1.82) is 0 Å². The van der Waals surface area contributed by atoms with Gasteiger partial charge in [0.2, 0.25) is 0 Å². The Morgan fingerprint density at radius 3 is 2.64 bits per heavy atom. The van der Waals surface area contributed by atoms with Gasteiger partial charge in [-0.15, -0.1) is 0 Å². The highest BCUT2D eigenvalue weighted by atomic mass is 19.1. The molecule has 0 spiro atoms. The van der Waals surface area contributed by atoms with E-state index in [2.05, 4.69) is 22.2 Å². The average Bonchev–Trinajstić information content (AvgIpc) is 3.67. The van der Waals surface area contributed by atoms with Crippen LogP contribution in [0.1, 0.15) is 32.6 Å². The Morgan fingerprint density at radius 2 is 1.83 bits per heavy atom. The number of pyridine rings is 1. The molecular formula is C28H26FN5O2. The molecule has 2 bridgehead atoms. The number of rotatable bonds is 5. The van der Waals surface area contributed by atoms with Crippen molar-refractivity contribution in [3.05, 3.63) is 60.9 Å². The fourth-order valence-corrected chi connectivity index (χ4v) is 6.13. The molecule has 5 heterocycles. The van der Waals surface area contributed by atoms with Crippen molar-refractivity contribution in [2.45, 2.75) is 38.6 Å². The number of halogens is 1. The van der Waals surface area contributed by atoms with Crippen molar-refractivity contribution in [1.82, 2.24) is 19.9 Å². The number of fused-ring (bicyclic) bond motifs is 4. The van der Waals surface area contributed by atoms with E-state index >= 15 is 0 Å². The predicted molar refractivity (Wildman–Crippen MR) is 135 cm³/mol. The van der Waals surface area contributed by atoms with Crippen LogP contribution < -0.4 is 5.32 Å². The number of hydrogen-bond donors (Lipinski definition) is 2. The van der Waals surface area contributed by atoms with Crippen LogP contribution in [-0.4, -0.2) is 26.0 Å². The molecule has 2 N–H and O–H groups in total. The highest BCUT2D eigenvalue weighted by Gasteiger charge is 2.41. The zero-order chi connectivity index (χ0) is 24.2. The Hall–Kier alpha value is -3.94. The molecule has 2 atom stereocenters. The molecule has 8 heteroatoms. The maximum Gasteiger partial charge on any atom is 0.170 e. The van der Waals surface area contributed by atoms with Crippen molar-refractivity contribution in [2.24, 2.45) is 17.8 Å². The number of hydrogen-bond acceptors (Lipinski definition) is 6. The molecule has 3 aliphatic carbocycles. The number of nitrogens with zero attached hydrogens (tertiary/aromatic N) is 3. The summed E-state index contributed by atoms with van der Waals surface area (Å²) in [5, 5.41) is 4.40. The monoisotopic (exact) mass is 483 g/mol. The first-order valence-electron chi connectivity index (χ1n) is 12.5. The van der Waals surface area contributed by atoms with E-state index < -0.39 is 5.82 Å². The molecule has 3 aliphatic rings. The zero-order valence-electron chi connectivity index (χ0n) is 19.9. The Kier molecular flexibility index (Phi) is 4.94. The summed E-state index contributed by atoms with van der Waals surface area (Å²) in [6.07, 6.45) is 9.75. The third-order valence-corrected chi connectivity index (χ3v) is 8.04. The Morgan fingerprint density at radius 1 is 1.00 bits per heavy atom. The van der Waals surface area contributed by atoms with E-state index in [0.29, 0.717) is 63.3 Å². The predicted octanol–water partition coefficient (Wildman–Crippen LogP) is 6.92. The molecule has 5 aromatic heterocycles. The Bertz CT molecular complexity index is 1530. The lowest BCUT2D eigenvalue weighted by Crippen LogP contribution is -2.47. The van der Waals surface area contributed by atoms with Crippen molar-refractivity contribution < 1.29 is 13.2 Å². The molecule has 182 valence electrons. The van der Waals surface area contributed by atoms with Gasteiger partial charge in [-0.3, -0.25) is 0 Å². The summed E-state index contributed by atoms with van der Waals surface area (Å²) >= 11 is 0. The topological polar surface area (TPSA) is 92.8 Å². The second kappa shape index (κ2) is 8.33.